The number of amides is 1. The van der Waals surface area contributed by atoms with Gasteiger partial charge in [-0.3, -0.25) is 9.69 Å². The summed E-state index contributed by atoms with van der Waals surface area (Å²) in [6, 6.07) is 6.84. The van der Waals surface area contributed by atoms with Crippen LogP contribution in [0.4, 0.5) is 4.39 Å². The van der Waals surface area contributed by atoms with Crippen LogP contribution in [0.15, 0.2) is 24.3 Å². The maximum Gasteiger partial charge on any atom is 0.234 e. The third-order valence-corrected chi connectivity index (χ3v) is 3.48. The predicted octanol–water partition coefficient (Wildman–Crippen LogP) is 2.88. The predicted molar refractivity (Wildman–Crippen MR) is 77.8 cm³/mol. The number of rotatable bonds is 3. The van der Waals surface area contributed by atoms with Crippen molar-refractivity contribution < 1.29 is 9.18 Å². The van der Waals surface area contributed by atoms with Gasteiger partial charge in [-0.25, -0.2) is 4.39 Å². The quantitative estimate of drug-likeness (QED) is 0.922. The number of nitrogens with one attached hydrogen (secondary N) is 1. The van der Waals surface area contributed by atoms with Gasteiger partial charge >= 0.3 is 0 Å². The number of carbonyl (C=O) groups excluding carboxylic acids is 1. The molecule has 0 bridgehead atoms. The molecular weight excluding hydrogens is 255 g/mol. The van der Waals surface area contributed by atoms with E-state index >= 15 is 0 Å². The van der Waals surface area contributed by atoms with Crippen molar-refractivity contribution in [2.24, 2.45) is 0 Å². The summed E-state index contributed by atoms with van der Waals surface area (Å²) in [5, 5.41) is 2.99. The highest BCUT2D eigenvalue weighted by atomic mass is 19.1. The molecule has 1 aromatic rings. The molecule has 1 N–H and O–H groups in total. The SMILES string of the molecule is CC(C)(C)NC(=O)CN1CCCC1c1ccc(F)cc1. The van der Waals surface area contributed by atoms with E-state index in [2.05, 4.69) is 10.2 Å². The van der Waals surface area contributed by atoms with Gasteiger partial charge in [-0.2, -0.15) is 0 Å². The highest BCUT2D eigenvalue weighted by Gasteiger charge is 2.28. The van der Waals surface area contributed by atoms with Gasteiger partial charge in [-0.05, 0) is 57.9 Å². The summed E-state index contributed by atoms with van der Waals surface area (Å²) < 4.78 is 13.0. The van der Waals surface area contributed by atoms with E-state index in [1.807, 2.05) is 32.9 Å². The zero-order valence-corrected chi connectivity index (χ0v) is 12.4. The molecular formula is C16H23FN2O. The van der Waals surface area contributed by atoms with Gasteiger partial charge in [0.1, 0.15) is 5.82 Å². The van der Waals surface area contributed by atoms with Crippen LogP contribution in [0.25, 0.3) is 0 Å². The summed E-state index contributed by atoms with van der Waals surface area (Å²) in [5.74, 6) is -0.171. The monoisotopic (exact) mass is 278 g/mol. The number of hydrogen-bond acceptors (Lipinski definition) is 2. The fraction of sp³-hybridized carbons (Fsp3) is 0.562. The van der Waals surface area contributed by atoms with Crippen molar-refractivity contribution in [3.8, 4) is 0 Å². The average Bonchev–Trinajstić information content (AvgIpc) is 2.75. The van der Waals surface area contributed by atoms with Crippen LogP contribution in [0.2, 0.25) is 0 Å². The molecule has 0 aromatic heterocycles. The maximum atomic E-state index is 13.0. The maximum absolute atomic E-state index is 13.0. The van der Waals surface area contributed by atoms with Crippen LogP contribution in [0.1, 0.15) is 45.2 Å². The summed E-state index contributed by atoms with van der Waals surface area (Å²) in [4.78, 5) is 14.2. The summed E-state index contributed by atoms with van der Waals surface area (Å²) in [6.07, 6.45) is 2.10. The molecule has 4 heteroatoms. The van der Waals surface area contributed by atoms with E-state index in [4.69, 9.17) is 0 Å². The van der Waals surface area contributed by atoms with Crippen molar-refractivity contribution in [2.75, 3.05) is 13.1 Å². The molecule has 1 aliphatic rings. The molecule has 0 saturated carbocycles. The van der Waals surface area contributed by atoms with Crippen molar-refractivity contribution in [3.05, 3.63) is 35.6 Å². The van der Waals surface area contributed by atoms with Crippen molar-refractivity contribution >= 4 is 5.91 Å². The molecule has 1 aliphatic heterocycles. The summed E-state index contributed by atoms with van der Waals surface area (Å²) in [7, 11) is 0. The number of halogens is 1. The van der Waals surface area contributed by atoms with E-state index < -0.39 is 0 Å². The van der Waals surface area contributed by atoms with Gasteiger partial charge in [-0.1, -0.05) is 12.1 Å². The Morgan fingerprint density at radius 1 is 1.35 bits per heavy atom. The molecule has 0 spiro atoms. The number of carbonyl (C=O) groups is 1. The highest BCUT2D eigenvalue weighted by molar-refractivity contribution is 5.78. The Kier molecular flexibility index (Phi) is 4.43. The fourth-order valence-electron chi connectivity index (χ4n) is 2.72. The van der Waals surface area contributed by atoms with Crippen LogP contribution in [0, 0.1) is 5.82 Å². The normalized spacial score (nSPS) is 20.1. The highest BCUT2D eigenvalue weighted by Crippen LogP contribution is 2.31. The van der Waals surface area contributed by atoms with Crippen LogP contribution in [-0.4, -0.2) is 29.4 Å². The smallest absolute Gasteiger partial charge is 0.234 e. The Labute approximate surface area is 120 Å². The molecule has 0 radical (unpaired) electrons. The van der Waals surface area contributed by atoms with Gasteiger partial charge in [0, 0.05) is 11.6 Å². The lowest BCUT2D eigenvalue weighted by molar-refractivity contribution is -0.123. The van der Waals surface area contributed by atoms with Crippen molar-refractivity contribution in [1.82, 2.24) is 10.2 Å². The molecule has 1 aromatic carbocycles. The lowest BCUT2D eigenvalue weighted by Gasteiger charge is -2.27. The lowest BCUT2D eigenvalue weighted by atomic mass is 10.0. The van der Waals surface area contributed by atoms with Crippen LogP contribution >= 0.6 is 0 Å². The molecule has 1 heterocycles. The van der Waals surface area contributed by atoms with E-state index in [0.717, 1.165) is 24.9 Å². The van der Waals surface area contributed by atoms with E-state index in [1.54, 1.807) is 0 Å². The molecule has 1 saturated heterocycles. The Morgan fingerprint density at radius 3 is 2.60 bits per heavy atom. The third kappa shape index (κ3) is 4.04. The number of hydrogen-bond donors (Lipinski definition) is 1. The van der Waals surface area contributed by atoms with Gasteiger partial charge in [0.05, 0.1) is 6.54 Å². The Morgan fingerprint density at radius 2 is 2.00 bits per heavy atom. The van der Waals surface area contributed by atoms with Crippen LogP contribution in [-0.2, 0) is 4.79 Å². The fourth-order valence-corrected chi connectivity index (χ4v) is 2.72. The summed E-state index contributed by atoms with van der Waals surface area (Å²) >= 11 is 0. The van der Waals surface area contributed by atoms with Gasteiger partial charge in [0.15, 0.2) is 0 Å². The Hall–Kier alpha value is -1.42. The second-order valence-corrected chi connectivity index (χ2v) is 6.48. The number of benzene rings is 1. The topological polar surface area (TPSA) is 32.3 Å². The largest absolute Gasteiger partial charge is 0.350 e. The first-order valence-corrected chi connectivity index (χ1v) is 7.16. The van der Waals surface area contributed by atoms with Gasteiger partial charge in [0.25, 0.3) is 0 Å². The van der Waals surface area contributed by atoms with Gasteiger partial charge in [0.2, 0.25) is 5.91 Å². The molecule has 1 fully saturated rings. The molecule has 1 amide bonds. The minimum atomic E-state index is -0.219. The minimum absolute atomic E-state index is 0.0477. The standard InChI is InChI=1S/C16H23FN2O/c1-16(2,3)18-15(20)11-19-10-4-5-14(19)12-6-8-13(17)9-7-12/h6-9,14H,4-5,10-11H2,1-3H3,(H,18,20). The zero-order valence-electron chi connectivity index (χ0n) is 12.4. The van der Waals surface area contributed by atoms with Crippen molar-refractivity contribution in [1.29, 1.82) is 0 Å². The minimum Gasteiger partial charge on any atom is -0.350 e. The average molecular weight is 278 g/mol. The first-order valence-electron chi connectivity index (χ1n) is 7.16. The van der Waals surface area contributed by atoms with E-state index in [-0.39, 0.29) is 23.3 Å². The summed E-state index contributed by atoms with van der Waals surface area (Å²) in [5.41, 5.74) is 0.884. The van der Waals surface area contributed by atoms with Crippen LogP contribution < -0.4 is 5.32 Å². The number of nitrogens with zero attached hydrogens (tertiary/aromatic N) is 1. The van der Waals surface area contributed by atoms with Crippen LogP contribution in [0.5, 0.6) is 0 Å². The van der Waals surface area contributed by atoms with E-state index in [9.17, 15) is 9.18 Å². The van der Waals surface area contributed by atoms with Gasteiger partial charge in [-0.15, -0.1) is 0 Å². The van der Waals surface area contributed by atoms with Crippen LogP contribution in [0.3, 0.4) is 0 Å². The molecule has 1 unspecified atom stereocenters. The van der Waals surface area contributed by atoms with Crippen molar-refractivity contribution in [2.45, 2.75) is 45.2 Å². The molecule has 1 atom stereocenters. The first kappa shape index (κ1) is 15.0. The Balaban J connectivity index is 2.00. The third-order valence-electron chi connectivity index (χ3n) is 3.48. The van der Waals surface area contributed by atoms with E-state index in [1.165, 1.54) is 12.1 Å². The molecule has 2 rings (SSSR count). The molecule has 110 valence electrons. The first-order chi connectivity index (χ1) is 9.35. The Bertz CT molecular complexity index is 464. The second-order valence-electron chi connectivity index (χ2n) is 6.48. The zero-order chi connectivity index (χ0) is 14.8. The van der Waals surface area contributed by atoms with Crippen molar-refractivity contribution in [3.63, 3.8) is 0 Å². The molecule has 3 nitrogen and oxygen atoms in total. The lowest BCUT2D eigenvalue weighted by Crippen LogP contribution is -2.45. The van der Waals surface area contributed by atoms with Gasteiger partial charge < -0.3 is 5.32 Å². The number of likely N-dealkylation sites (tertiary alicyclic amines) is 1. The molecule has 20 heavy (non-hydrogen) atoms. The summed E-state index contributed by atoms with van der Waals surface area (Å²) in [6.45, 7) is 7.25. The molecule has 0 aliphatic carbocycles. The van der Waals surface area contributed by atoms with E-state index in [0.29, 0.717) is 6.54 Å². The second kappa shape index (κ2) is 5.92.